The van der Waals surface area contributed by atoms with E-state index in [2.05, 4.69) is 15.9 Å². The Bertz CT molecular complexity index is 782. The molecule has 1 unspecified atom stereocenters. The first-order valence-corrected chi connectivity index (χ1v) is 8.83. The highest BCUT2D eigenvalue weighted by molar-refractivity contribution is 9.10. The van der Waals surface area contributed by atoms with E-state index in [0.717, 1.165) is 14.3 Å². The van der Waals surface area contributed by atoms with Crippen LogP contribution in [-0.4, -0.2) is 22.8 Å². The third-order valence-corrected chi connectivity index (χ3v) is 5.07. The minimum atomic E-state index is -5.10. The predicted octanol–water partition coefficient (Wildman–Crippen LogP) is 5.51. The van der Waals surface area contributed by atoms with Crippen molar-refractivity contribution in [2.45, 2.75) is 28.5 Å². The Morgan fingerprint density at radius 1 is 1.16 bits per heavy atom. The molecule has 134 valence electrons. The van der Waals surface area contributed by atoms with E-state index in [-0.39, 0.29) is 10.7 Å². The van der Waals surface area contributed by atoms with E-state index in [1.807, 2.05) is 29.6 Å². The Labute approximate surface area is 159 Å². The number of aliphatic hydroxyl groups is 1. The van der Waals surface area contributed by atoms with Crippen LogP contribution >= 0.6 is 39.3 Å². The summed E-state index contributed by atoms with van der Waals surface area (Å²) in [6, 6.07) is 12.0. The normalized spacial score (nSPS) is 14.0. The summed E-state index contributed by atoms with van der Waals surface area (Å²) in [6.07, 6.45) is -5.10. The Morgan fingerprint density at radius 2 is 1.72 bits per heavy atom. The van der Waals surface area contributed by atoms with Crippen molar-refractivity contribution in [1.82, 2.24) is 0 Å². The van der Waals surface area contributed by atoms with E-state index in [1.165, 1.54) is 23.9 Å². The highest BCUT2D eigenvalue weighted by Gasteiger charge is 2.55. The molecule has 2 aromatic rings. The minimum absolute atomic E-state index is 0.0173. The number of halogens is 5. The Morgan fingerprint density at radius 3 is 2.24 bits per heavy atom. The van der Waals surface area contributed by atoms with E-state index in [0.29, 0.717) is 6.92 Å². The number of hydrogen-bond donors (Lipinski definition) is 2. The quantitative estimate of drug-likeness (QED) is 0.641. The maximum Gasteiger partial charge on any atom is 0.426 e. The van der Waals surface area contributed by atoms with E-state index in [1.54, 1.807) is 6.07 Å². The van der Waals surface area contributed by atoms with Gasteiger partial charge in [0.15, 0.2) is 0 Å². The van der Waals surface area contributed by atoms with Crippen molar-refractivity contribution in [1.29, 1.82) is 0 Å². The molecule has 0 aliphatic rings. The van der Waals surface area contributed by atoms with Crippen LogP contribution in [0.25, 0.3) is 0 Å². The number of alkyl halides is 3. The standard InChI is InChI=1S/C16H12BrClF3NO2S/c1-15(24,16(19,20)21)14(23)22-13-7-6-11(8-12(13)18)25-10-4-2-9(17)3-5-10/h2-8,24H,1H3,(H,22,23). The third-order valence-electron chi connectivity index (χ3n) is 3.23. The molecule has 0 heterocycles. The number of hydrogen-bond acceptors (Lipinski definition) is 3. The summed E-state index contributed by atoms with van der Waals surface area (Å²) >= 11 is 10.8. The molecule has 25 heavy (non-hydrogen) atoms. The van der Waals surface area contributed by atoms with E-state index in [4.69, 9.17) is 11.6 Å². The van der Waals surface area contributed by atoms with Crippen LogP contribution < -0.4 is 5.32 Å². The lowest BCUT2D eigenvalue weighted by Crippen LogP contribution is -2.52. The number of rotatable bonds is 4. The number of nitrogens with one attached hydrogen (secondary N) is 1. The third kappa shape index (κ3) is 4.91. The van der Waals surface area contributed by atoms with Gasteiger partial charge < -0.3 is 10.4 Å². The fraction of sp³-hybridized carbons (Fsp3) is 0.188. The first-order chi connectivity index (χ1) is 11.5. The minimum Gasteiger partial charge on any atom is -0.373 e. The van der Waals surface area contributed by atoms with Gasteiger partial charge in [0.25, 0.3) is 5.91 Å². The van der Waals surface area contributed by atoms with E-state index >= 15 is 0 Å². The number of anilines is 1. The van der Waals surface area contributed by atoms with Crippen LogP contribution in [-0.2, 0) is 4.79 Å². The molecule has 0 saturated heterocycles. The summed E-state index contributed by atoms with van der Waals surface area (Å²) in [5, 5.41) is 11.4. The zero-order chi connectivity index (χ0) is 18.8. The summed E-state index contributed by atoms with van der Waals surface area (Å²) < 4.78 is 38.9. The van der Waals surface area contributed by atoms with E-state index < -0.39 is 17.7 Å². The molecule has 3 nitrogen and oxygen atoms in total. The molecule has 1 amide bonds. The lowest BCUT2D eigenvalue weighted by atomic mass is 10.1. The summed E-state index contributed by atoms with van der Waals surface area (Å²) in [5.74, 6) is -1.60. The number of carbonyl (C=O) groups excluding carboxylic acids is 1. The van der Waals surface area contributed by atoms with Crippen LogP contribution in [0.15, 0.2) is 56.7 Å². The second kappa shape index (κ2) is 7.57. The van der Waals surface area contributed by atoms with Crippen LogP contribution in [0.1, 0.15) is 6.92 Å². The average molecular weight is 455 g/mol. The lowest BCUT2D eigenvalue weighted by molar-refractivity contribution is -0.242. The first-order valence-electron chi connectivity index (χ1n) is 6.84. The molecule has 0 radical (unpaired) electrons. The topological polar surface area (TPSA) is 49.3 Å². The van der Waals surface area contributed by atoms with Gasteiger partial charge in [0.1, 0.15) is 0 Å². The van der Waals surface area contributed by atoms with Gasteiger partial charge in [-0.2, -0.15) is 13.2 Å². The van der Waals surface area contributed by atoms with Crippen molar-refractivity contribution in [2.75, 3.05) is 5.32 Å². The van der Waals surface area contributed by atoms with Crippen LogP contribution in [0, 0.1) is 0 Å². The molecule has 0 aliphatic heterocycles. The van der Waals surface area contributed by atoms with Crippen LogP contribution in [0.3, 0.4) is 0 Å². The molecule has 0 saturated carbocycles. The Hall–Kier alpha value is -1.22. The van der Waals surface area contributed by atoms with Crippen molar-refractivity contribution < 1.29 is 23.1 Å². The molecule has 2 aromatic carbocycles. The maximum absolute atomic E-state index is 12.7. The van der Waals surface area contributed by atoms with Crippen molar-refractivity contribution in [3.05, 3.63) is 52.0 Å². The van der Waals surface area contributed by atoms with Crippen molar-refractivity contribution in [2.24, 2.45) is 0 Å². The molecule has 2 rings (SSSR count). The van der Waals surface area contributed by atoms with Gasteiger partial charge in [0.05, 0.1) is 10.7 Å². The van der Waals surface area contributed by atoms with Gasteiger partial charge in [0.2, 0.25) is 5.60 Å². The van der Waals surface area contributed by atoms with Crippen molar-refractivity contribution in [3.63, 3.8) is 0 Å². The fourth-order valence-electron chi connectivity index (χ4n) is 1.67. The van der Waals surface area contributed by atoms with Gasteiger partial charge >= 0.3 is 6.18 Å². The predicted molar refractivity (Wildman–Crippen MR) is 95.0 cm³/mol. The lowest BCUT2D eigenvalue weighted by Gasteiger charge is -2.25. The smallest absolute Gasteiger partial charge is 0.373 e. The maximum atomic E-state index is 12.7. The summed E-state index contributed by atoms with van der Waals surface area (Å²) in [7, 11) is 0. The number of carbonyl (C=O) groups is 1. The van der Waals surface area contributed by atoms with Gasteiger partial charge in [-0.15, -0.1) is 0 Å². The highest BCUT2D eigenvalue weighted by atomic mass is 79.9. The second-order valence-corrected chi connectivity index (χ2v) is 7.69. The molecule has 0 fully saturated rings. The molecule has 0 bridgehead atoms. The van der Waals surface area contributed by atoms with Gasteiger partial charge in [-0.1, -0.05) is 39.3 Å². The Kier molecular flexibility index (Phi) is 6.09. The molecule has 9 heteroatoms. The first kappa shape index (κ1) is 20.1. The van der Waals surface area contributed by atoms with Crippen LogP contribution in [0.4, 0.5) is 18.9 Å². The average Bonchev–Trinajstić information content (AvgIpc) is 2.51. The molecule has 0 aliphatic carbocycles. The molecular weight excluding hydrogens is 443 g/mol. The van der Waals surface area contributed by atoms with Crippen molar-refractivity contribution >= 4 is 50.9 Å². The molecule has 2 N–H and O–H groups in total. The largest absolute Gasteiger partial charge is 0.426 e. The summed E-state index contributed by atoms with van der Waals surface area (Å²) in [4.78, 5) is 13.4. The van der Waals surface area contributed by atoms with Crippen molar-refractivity contribution in [3.8, 4) is 0 Å². The highest BCUT2D eigenvalue weighted by Crippen LogP contribution is 2.35. The molecule has 0 spiro atoms. The molecule has 1 atom stereocenters. The fourth-order valence-corrected chi connectivity index (χ4v) is 3.09. The molecule has 0 aromatic heterocycles. The second-order valence-electron chi connectivity index (χ2n) is 5.22. The monoisotopic (exact) mass is 453 g/mol. The number of amides is 1. The number of benzene rings is 2. The van der Waals surface area contributed by atoms with Crippen LogP contribution in [0.5, 0.6) is 0 Å². The Balaban J connectivity index is 2.14. The van der Waals surface area contributed by atoms with E-state index in [9.17, 15) is 23.1 Å². The zero-order valence-electron chi connectivity index (χ0n) is 12.7. The molecular formula is C16H12BrClF3NO2S. The summed E-state index contributed by atoms with van der Waals surface area (Å²) in [5.41, 5.74) is -3.53. The zero-order valence-corrected chi connectivity index (χ0v) is 15.9. The SMILES string of the molecule is CC(O)(C(=O)Nc1ccc(Sc2ccc(Br)cc2)cc1Cl)C(F)(F)F. The van der Waals surface area contributed by atoms with Gasteiger partial charge in [-0.3, -0.25) is 4.79 Å². The van der Waals surface area contributed by atoms with Crippen LogP contribution in [0.2, 0.25) is 5.02 Å². The van der Waals surface area contributed by atoms with Gasteiger partial charge in [0, 0.05) is 14.3 Å². The summed E-state index contributed by atoms with van der Waals surface area (Å²) in [6.45, 7) is 0.383. The van der Waals surface area contributed by atoms with Gasteiger partial charge in [-0.05, 0) is 49.4 Å². The van der Waals surface area contributed by atoms with Gasteiger partial charge in [-0.25, -0.2) is 0 Å².